The van der Waals surface area contributed by atoms with E-state index in [1.165, 1.54) is 0 Å². The number of nitrogens with zero attached hydrogens (tertiary/aromatic N) is 1. The van der Waals surface area contributed by atoms with Crippen LogP contribution in [0.2, 0.25) is 0 Å². The molecule has 0 aliphatic rings. The van der Waals surface area contributed by atoms with E-state index in [0.717, 1.165) is 16.2 Å². The van der Waals surface area contributed by atoms with Crippen LogP contribution in [0, 0.1) is 20.8 Å². The molecule has 2 aromatic carbocycles. The molecule has 1 heterocycles. The molecule has 0 spiro atoms. The van der Waals surface area contributed by atoms with Crippen molar-refractivity contribution in [3.8, 4) is 11.3 Å². The summed E-state index contributed by atoms with van der Waals surface area (Å²) in [7, 11) is -3.73. The van der Waals surface area contributed by atoms with Gasteiger partial charge in [-0.2, -0.15) is 0 Å². The molecule has 3 rings (SSSR count). The number of sulfonamides is 1. The van der Waals surface area contributed by atoms with Gasteiger partial charge < -0.3 is 4.52 Å². The molecule has 136 valence electrons. The van der Waals surface area contributed by atoms with Gasteiger partial charge in [0, 0.05) is 21.7 Å². The third-order valence-electron chi connectivity index (χ3n) is 4.22. The minimum absolute atomic E-state index is 0.220. The molecular weight excluding hydrogens is 368 g/mol. The van der Waals surface area contributed by atoms with Crippen molar-refractivity contribution in [3.05, 3.63) is 59.3 Å². The molecule has 0 saturated heterocycles. The smallest absolute Gasteiger partial charge is 0.262 e. The van der Waals surface area contributed by atoms with Gasteiger partial charge in [0.1, 0.15) is 0 Å². The standard InChI is InChI=1S/C19H20N2O3S2/c1-12-8-9-15(19-13(2)14(3)20-24-19)10-18(12)26(22,23)21-16-6-5-7-17(11-16)25-4/h5-11,21H,1-4H3. The normalized spacial score (nSPS) is 11.5. The monoisotopic (exact) mass is 388 g/mol. The van der Waals surface area contributed by atoms with Crippen LogP contribution in [0.15, 0.2) is 56.8 Å². The Kier molecular flexibility index (Phi) is 5.11. The van der Waals surface area contributed by atoms with Crippen molar-refractivity contribution in [2.24, 2.45) is 0 Å². The fourth-order valence-electron chi connectivity index (χ4n) is 2.61. The second-order valence-electron chi connectivity index (χ2n) is 6.04. The Morgan fingerprint density at radius 1 is 1.08 bits per heavy atom. The maximum absolute atomic E-state index is 12.9. The lowest BCUT2D eigenvalue weighted by atomic mass is 10.1. The van der Waals surface area contributed by atoms with Gasteiger partial charge in [-0.3, -0.25) is 4.72 Å². The molecule has 0 fully saturated rings. The fraction of sp³-hybridized carbons (Fsp3) is 0.211. The number of aromatic nitrogens is 1. The van der Waals surface area contributed by atoms with Crippen LogP contribution in [0.3, 0.4) is 0 Å². The Balaban J connectivity index is 2.01. The topological polar surface area (TPSA) is 72.2 Å². The van der Waals surface area contributed by atoms with Crippen LogP contribution in [0.25, 0.3) is 11.3 Å². The van der Waals surface area contributed by atoms with Gasteiger partial charge in [0.05, 0.1) is 10.6 Å². The third-order valence-corrected chi connectivity index (χ3v) is 6.47. The number of benzene rings is 2. The van der Waals surface area contributed by atoms with Gasteiger partial charge in [-0.05, 0) is 56.9 Å². The molecule has 3 aromatic rings. The van der Waals surface area contributed by atoms with E-state index in [0.29, 0.717) is 22.6 Å². The molecule has 1 N–H and O–H groups in total. The zero-order valence-corrected chi connectivity index (χ0v) is 16.7. The highest BCUT2D eigenvalue weighted by molar-refractivity contribution is 7.98. The Labute approximate surface area is 157 Å². The minimum atomic E-state index is -3.73. The number of nitrogens with one attached hydrogen (secondary N) is 1. The Hall–Kier alpha value is -2.25. The van der Waals surface area contributed by atoms with E-state index < -0.39 is 10.0 Å². The number of anilines is 1. The third kappa shape index (κ3) is 3.64. The van der Waals surface area contributed by atoms with Crippen LogP contribution in [0.5, 0.6) is 0 Å². The number of aryl methyl sites for hydroxylation is 2. The zero-order valence-electron chi connectivity index (χ0n) is 15.0. The first-order chi connectivity index (χ1) is 12.3. The second-order valence-corrected chi connectivity index (χ2v) is 8.57. The summed E-state index contributed by atoms with van der Waals surface area (Å²) in [4.78, 5) is 1.21. The molecule has 5 nitrogen and oxygen atoms in total. The number of hydrogen-bond donors (Lipinski definition) is 1. The van der Waals surface area contributed by atoms with Crippen LogP contribution in [-0.4, -0.2) is 19.8 Å². The molecule has 0 saturated carbocycles. The Morgan fingerprint density at radius 3 is 2.50 bits per heavy atom. The summed E-state index contributed by atoms with van der Waals surface area (Å²) >= 11 is 1.56. The van der Waals surface area contributed by atoms with Gasteiger partial charge in [0.25, 0.3) is 10.0 Å². The summed E-state index contributed by atoms with van der Waals surface area (Å²) in [6.45, 7) is 5.53. The van der Waals surface area contributed by atoms with Gasteiger partial charge in [0.15, 0.2) is 5.76 Å². The lowest BCUT2D eigenvalue weighted by Gasteiger charge is -2.12. The van der Waals surface area contributed by atoms with Crippen LogP contribution in [0.1, 0.15) is 16.8 Å². The minimum Gasteiger partial charge on any atom is -0.356 e. The molecule has 0 aliphatic carbocycles. The van der Waals surface area contributed by atoms with E-state index >= 15 is 0 Å². The maximum Gasteiger partial charge on any atom is 0.262 e. The molecule has 0 unspecified atom stereocenters. The first-order valence-corrected chi connectivity index (χ1v) is 10.7. The molecule has 1 aromatic heterocycles. The van der Waals surface area contributed by atoms with E-state index in [9.17, 15) is 8.42 Å². The quantitative estimate of drug-likeness (QED) is 0.636. The predicted molar refractivity (Wildman–Crippen MR) is 105 cm³/mol. The Morgan fingerprint density at radius 2 is 1.85 bits per heavy atom. The fourth-order valence-corrected chi connectivity index (χ4v) is 4.39. The molecule has 7 heteroatoms. The maximum atomic E-state index is 12.9. The highest BCUT2D eigenvalue weighted by Crippen LogP contribution is 2.30. The van der Waals surface area contributed by atoms with E-state index in [-0.39, 0.29) is 4.90 Å². The van der Waals surface area contributed by atoms with Crippen molar-refractivity contribution in [1.82, 2.24) is 5.16 Å². The molecule has 0 bridgehead atoms. The van der Waals surface area contributed by atoms with Gasteiger partial charge in [-0.25, -0.2) is 8.42 Å². The van der Waals surface area contributed by atoms with Gasteiger partial charge in [-0.15, -0.1) is 11.8 Å². The summed E-state index contributed by atoms with van der Waals surface area (Å²) in [6.07, 6.45) is 1.95. The molecule has 0 amide bonds. The van der Waals surface area contributed by atoms with Gasteiger partial charge >= 0.3 is 0 Å². The van der Waals surface area contributed by atoms with Crippen molar-refractivity contribution >= 4 is 27.5 Å². The number of rotatable bonds is 5. The highest BCUT2D eigenvalue weighted by atomic mass is 32.2. The molecule has 0 atom stereocenters. The molecule has 26 heavy (non-hydrogen) atoms. The summed E-state index contributed by atoms with van der Waals surface area (Å²) in [6, 6.07) is 12.6. The summed E-state index contributed by atoms with van der Waals surface area (Å²) < 4.78 is 33.9. The van der Waals surface area contributed by atoms with Crippen LogP contribution < -0.4 is 4.72 Å². The second kappa shape index (κ2) is 7.17. The number of thioether (sulfide) groups is 1. The van der Waals surface area contributed by atoms with Crippen molar-refractivity contribution in [2.75, 3.05) is 11.0 Å². The SMILES string of the molecule is CSc1cccc(NS(=O)(=O)c2cc(-c3onc(C)c3C)ccc2C)c1. The molecule has 0 radical (unpaired) electrons. The molecule has 0 aliphatic heterocycles. The molecular formula is C19H20N2O3S2. The lowest BCUT2D eigenvalue weighted by molar-refractivity contribution is 0.427. The van der Waals surface area contributed by atoms with Crippen LogP contribution in [0.4, 0.5) is 5.69 Å². The van der Waals surface area contributed by atoms with Crippen LogP contribution in [-0.2, 0) is 10.0 Å². The van der Waals surface area contributed by atoms with Crippen LogP contribution >= 0.6 is 11.8 Å². The summed E-state index contributed by atoms with van der Waals surface area (Å²) in [5.41, 5.74) is 3.58. The van der Waals surface area contributed by atoms with Crippen molar-refractivity contribution in [1.29, 1.82) is 0 Å². The van der Waals surface area contributed by atoms with E-state index in [4.69, 9.17) is 4.52 Å². The first kappa shape index (κ1) is 18.5. The van der Waals surface area contributed by atoms with Crippen molar-refractivity contribution in [3.63, 3.8) is 0 Å². The van der Waals surface area contributed by atoms with E-state index in [1.807, 2.05) is 44.4 Å². The largest absolute Gasteiger partial charge is 0.356 e. The lowest BCUT2D eigenvalue weighted by Crippen LogP contribution is -2.14. The van der Waals surface area contributed by atoms with Crippen molar-refractivity contribution < 1.29 is 12.9 Å². The predicted octanol–water partition coefficient (Wildman–Crippen LogP) is 4.79. The number of hydrogen-bond acceptors (Lipinski definition) is 5. The highest BCUT2D eigenvalue weighted by Gasteiger charge is 2.20. The van der Waals surface area contributed by atoms with Crippen molar-refractivity contribution in [2.45, 2.75) is 30.6 Å². The summed E-state index contributed by atoms with van der Waals surface area (Å²) in [5.74, 6) is 0.586. The average Bonchev–Trinajstić information content (AvgIpc) is 2.94. The summed E-state index contributed by atoms with van der Waals surface area (Å²) in [5, 5.41) is 3.95. The average molecular weight is 389 g/mol. The zero-order chi connectivity index (χ0) is 18.9. The Bertz CT molecular complexity index is 1060. The van der Waals surface area contributed by atoms with E-state index in [1.54, 1.807) is 36.9 Å². The van der Waals surface area contributed by atoms with Gasteiger partial charge in [0.2, 0.25) is 0 Å². The van der Waals surface area contributed by atoms with E-state index in [2.05, 4.69) is 9.88 Å². The first-order valence-electron chi connectivity index (χ1n) is 8.02. The van der Waals surface area contributed by atoms with Gasteiger partial charge in [-0.1, -0.05) is 23.4 Å².